The molecule has 0 amide bonds. The number of imidazole rings is 1. The van der Waals surface area contributed by atoms with Crippen molar-refractivity contribution in [1.82, 2.24) is 13.9 Å². The summed E-state index contributed by atoms with van der Waals surface area (Å²) in [7, 11) is 0. The normalized spacial score (nSPS) is 12.5. The summed E-state index contributed by atoms with van der Waals surface area (Å²) in [6.07, 6.45) is -4.45. The third-order valence-corrected chi connectivity index (χ3v) is 4.28. The maximum atomic E-state index is 13.0. The topological polar surface area (TPSA) is 58.4 Å². The lowest BCUT2D eigenvalue weighted by atomic mass is 10.3. The Kier molecular flexibility index (Phi) is 6.24. The van der Waals surface area contributed by atoms with Crippen LogP contribution in [0.4, 0.5) is 22.0 Å². The van der Waals surface area contributed by atoms with Crippen molar-refractivity contribution in [1.29, 1.82) is 0 Å². The summed E-state index contributed by atoms with van der Waals surface area (Å²) >= 11 is 0.872. The summed E-state index contributed by atoms with van der Waals surface area (Å²) in [6, 6.07) is 9.81. The first-order valence-electron chi connectivity index (χ1n) is 8.21. The van der Waals surface area contributed by atoms with Crippen LogP contribution in [0.2, 0.25) is 0 Å². The van der Waals surface area contributed by atoms with Crippen LogP contribution in [0.5, 0.6) is 5.88 Å². The van der Waals surface area contributed by atoms with Gasteiger partial charge in [0.1, 0.15) is 0 Å². The van der Waals surface area contributed by atoms with E-state index in [1.807, 2.05) is 6.07 Å². The number of pyridine rings is 1. The molecule has 2 aromatic heterocycles. The number of halogens is 5. The highest BCUT2D eigenvalue weighted by molar-refractivity contribution is 7.93. The highest BCUT2D eigenvalue weighted by Crippen LogP contribution is 2.36. The van der Waals surface area contributed by atoms with Gasteiger partial charge in [-0.1, -0.05) is 12.1 Å². The van der Waals surface area contributed by atoms with Gasteiger partial charge in [0, 0.05) is 17.8 Å². The number of fused-ring (bicyclic) bond motifs is 1. The Hall–Kier alpha value is -2.44. The number of rotatable bonds is 8. The molecule has 0 fully saturated rings. The lowest BCUT2D eigenvalue weighted by Gasteiger charge is -2.19. The molecule has 3 aromatic rings. The van der Waals surface area contributed by atoms with Gasteiger partial charge >= 0.3 is 12.1 Å². The van der Waals surface area contributed by atoms with Crippen molar-refractivity contribution < 1.29 is 35.9 Å². The first kappa shape index (κ1) is 21.3. The molecular formula is C17H14F5N3O3S. The van der Waals surface area contributed by atoms with Gasteiger partial charge in [0.2, 0.25) is 5.88 Å². The minimum absolute atomic E-state index is 0.325. The van der Waals surface area contributed by atoms with Crippen molar-refractivity contribution in [3.05, 3.63) is 42.6 Å². The zero-order valence-electron chi connectivity index (χ0n) is 14.8. The number of alkyl halides is 5. The average Bonchev–Trinajstić information content (AvgIpc) is 3.05. The van der Waals surface area contributed by atoms with E-state index in [4.69, 9.17) is 9.22 Å². The summed E-state index contributed by atoms with van der Waals surface area (Å²) in [5, 5.41) is 0. The minimum atomic E-state index is -5.70. The van der Waals surface area contributed by atoms with Gasteiger partial charge < -0.3 is 4.74 Å². The molecule has 0 saturated carbocycles. The molecule has 0 unspecified atom stereocenters. The molecule has 12 heteroatoms. The van der Waals surface area contributed by atoms with Crippen molar-refractivity contribution in [3.8, 4) is 17.3 Å². The van der Waals surface area contributed by atoms with E-state index in [1.165, 1.54) is 18.3 Å². The minimum Gasteiger partial charge on any atom is -0.471 e. The molecule has 0 radical (unpaired) electrons. The molecule has 0 saturated heterocycles. The molecule has 0 aliphatic heterocycles. The highest BCUT2D eigenvalue weighted by Gasteiger charge is 2.58. The summed E-state index contributed by atoms with van der Waals surface area (Å²) < 4.78 is 73.7. The lowest BCUT2D eigenvalue weighted by Crippen LogP contribution is -2.41. The van der Waals surface area contributed by atoms with Gasteiger partial charge in [0.15, 0.2) is 24.7 Å². The second kappa shape index (κ2) is 8.51. The van der Waals surface area contributed by atoms with Crippen LogP contribution in [0.25, 0.3) is 22.4 Å². The van der Waals surface area contributed by atoms with Crippen LogP contribution in [0.15, 0.2) is 42.6 Å². The number of ether oxygens (including phenoxy) is 1. The quantitative estimate of drug-likeness (QED) is 0.162. The second-order valence-electron chi connectivity index (χ2n) is 5.64. The van der Waals surface area contributed by atoms with Crippen LogP contribution in [-0.2, 0) is 9.22 Å². The monoisotopic (exact) mass is 435 g/mol. The fraction of sp³-hybridized carbons (Fsp3) is 0.294. The van der Waals surface area contributed by atoms with Gasteiger partial charge in [0.05, 0.1) is 17.6 Å². The van der Waals surface area contributed by atoms with Gasteiger partial charge in [0.25, 0.3) is 0 Å². The molecule has 0 N–H and O–H groups in total. The Morgan fingerprint density at radius 1 is 1.07 bits per heavy atom. The van der Waals surface area contributed by atoms with E-state index >= 15 is 0 Å². The number of hydrogen-bond donors (Lipinski definition) is 0. The first-order valence-corrected chi connectivity index (χ1v) is 8.90. The molecule has 156 valence electrons. The smallest absolute Gasteiger partial charge is 0.456 e. The maximum Gasteiger partial charge on any atom is 0.456 e. The van der Waals surface area contributed by atoms with Gasteiger partial charge in [-0.2, -0.15) is 22.0 Å². The lowest BCUT2D eigenvalue weighted by molar-refractivity contribution is -0.290. The van der Waals surface area contributed by atoms with Gasteiger partial charge in [-0.3, -0.25) is 0 Å². The molecule has 0 aliphatic carbocycles. The number of benzene rings is 1. The van der Waals surface area contributed by atoms with E-state index in [-0.39, 0.29) is 5.88 Å². The van der Waals surface area contributed by atoms with Crippen LogP contribution in [0.1, 0.15) is 6.92 Å². The second-order valence-corrected chi connectivity index (χ2v) is 6.29. The van der Waals surface area contributed by atoms with Gasteiger partial charge in [-0.05, 0) is 25.1 Å². The molecule has 29 heavy (non-hydrogen) atoms. The number of nitrogens with zero attached hydrogens (tertiary/aromatic N) is 3. The fourth-order valence-electron chi connectivity index (χ4n) is 2.21. The molecule has 3 rings (SSSR count). The van der Waals surface area contributed by atoms with Crippen LogP contribution in [0.3, 0.4) is 0 Å². The summed E-state index contributed by atoms with van der Waals surface area (Å²) in [4.78, 5) is 13.1. The largest absolute Gasteiger partial charge is 0.471 e. The van der Waals surface area contributed by atoms with Crippen molar-refractivity contribution in [2.24, 2.45) is 0 Å². The van der Waals surface area contributed by atoms with E-state index in [0.717, 1.165) is 17.7 Å². The van der Waals surface area contributed by atoms with Crippen molar-refractivity contribution >= 4 is 23.3 Å². The molecule has 6 nitrogen and oxygen atoms in total. The van der Waals surface area contributed by atoms with E-state index in [2.05, 4.69) is 14.7 Å². The third kappa shape index (κ3) is 4.77. The highest BCUT2D eigenvalue weighted by atomic mass is 32.2. The Balaban J connectivity index is 1.82. The Bertz CT molecular complexity index is 963. The maximum absolute atomic E-state index is 13.0. The molecule has 1 aromatic carbocycles. The van der Waals surface area contributed by atoms with Crippen molar-refractivity contribution in [2.45, 2.75) is 19.0 Å². The molecule has 0 atom stereocenters. The third-order valence-electron chi connectivity index (χ3n) is 3.60. The molecule has 0 aliphatic rings. The molecular weight excluding hydrogens is 421 g/mol. The molecule has 2 heterocycles. The van der Waals surface area contributed by atoms with E-state index in [1.54, 1.807) is 29.1 Å². The molecule has 0 spiro atoms. The van der Waals surface area contributed by atoms with Crippen LogP contribution >= 0.6 is 12.2 Å². The Morgan fingerprint density at radius 2 is 1.83 bits per heavy atom. The average molecular weight is 435 g/mol. The standard InChI is InChI=1S/C17H14F5N3O3S/c1-2-27-28-29-25-13-6-4-3-5-12(13)24-15(25)11-7-8-14(23-9-11)26-10-16(18,19)17(20,21)22/h3-9H,2,10H2,1H3. The Labute approximate surface area is 165 Å². The van der Waals surface area contributed by atoms with Crippen LogP contribution in [0, 0.1) is 0 Å². The number of hydrogen-bond acceptors (Lipinski definition) is 6. The first-order chi connectivity index (χ1) is 13.7. The van der Waals surface area contributed by atoms with E-state index < -0.39 is 18.7 Å². The Morgan fingerprint density at radius 3 is 2.48 bits per heavy atom. The summed E-state index contributed by atoms with van der Waals surface area (Å²) in [5.41, 5.74) is 1.83. The van der Waals surface area contributed by atoms with E-state index in [9.17, 15) is 22.0 Å². The zero-order chi connectivity index (χ0) is 21.1. The van der Waals surface area contributed by atoms with Crippen LogP contribution in [-0.4, -0.2) is 39.3 Å². The summed E-state index contributed by atoms with van der Waals surface area (Å²) in [5.74, 6) is -4.94. The number of aromatic nitrogens is 3. The number of para-hydroxylation sites is 2. The fourth-order valence-corrected chi connectivity index (χ4v) is 2.86. The SMILES string of the molecule is CCOOSn1c(-c2ccc(OCC(F)(F)C(F)(F)F)nc2)nc2ccccc21. The van der Waals surface area contributed by atoms with Crippen molar-refractivity contribution in [3.63, 3.8) is 0 Å². The zero-order valence-corrected chi connectivity index (χ0v) is 15.6. The van der Waals surface area contributed by atoms with Crippen LogP contribution < -0.4 is 4.74 Å². The summed E-state index contributed by atoms with van der Waals surface area (Å²) in [6.45, 7) is 0.211. The van der Waals surface area contributed by atoms with E-state index in [0.29, 0.717) is 23.5 Å². The molecule has 0 bridgehead atoms. The predicted molar refractivity (Wildman–Crippen MR) is 95.2 cm³/mol. The van der Waals surface area contributed by atoms with Gasteiger partial charge in [-0.25, -0.2) is 18.8 Å². The predicted octanol–water partition coefficient (Wildman–Crippen LogP) is 5.05. The van der Waals surface area contributed by atoms with Gasteiger partial charge in [-0.15, -0.1) is 4.33 Å². The van der Waals surface area contributed by atoms with Crippen molar-refractivity contribution in [2.75, 3.05) is 13.2 Å².